The first-order valence-corrected chi connectivity index (χ1v) is 12.4. The fourth-order valence-corrected chi connectivity index (χ4v) is 5.60. The summed E-state index contributed by atoms with van der Waals surface area (Å²) in [6, 6.07) is 7.18. The molecule has 6 nitrogen and oxygen atoms in total. The highest BCUT2D eigenvalue weighted by Crippen LogP contribution is 2.37. The fourth-order valence-electron chi connectivity index (χ4n) is 5.48. The maximum absolute atomic E-state index is 13.8. The van der Waals surface area contributed by atoms with Gasteiger partial charge in [0.2, 0.25) is 5.91 Å². The summed E-state index contributed by atoms with van der Waals surface area (Å²) in [4.78, 5) is 28.5. The second-order valence-electron chi connectivity index (χ2n) is 9.75. The van der Waals surface area contributed by atoms with E-state index < -0.39 is 11.8 Å². The largest absolute Gasteiger partial charge is 0.353 e. The summed E-state index contributed by atoms with van der Waals surface area (Å²) in [5.74, 6) is -1.76. The molecule has 34 heavy (non-hydrogen) atoms. The number of alkyl halides is 2. The number of aryl methyl sites for hydroxylation is 1. The molecule has 3 aliphatic rings. The quantitative estimate of drug-likeness (QED) is 0.636. The van der Waals surface area contributed by atoms with Crippen molar-refractivity contribution in [3.63, 3.8) is 0 Å². The summed E-state index contributed by atoms with van der Waals surface area (Å²) in [5.41, 5.74) is 3.20. The highest BCUT2D eigenvalue weighted by atomic mass is 35.5. The Morgan fingerprint density at radius 2 is 1.88 bits per heavy atom. The SMILES string of the molecule is C[C@@H]1CCc2ncnc(N3CCN(C(=O)C(CN4CCC(F)(F)C4)c4ccc(Cl)cc4)CC3)c21. The minimum absolute atomic E-state index is 0.0153. The topological polar surface area (TPSA) is 52.6 Å². The second-order valence-corrected chi connectivity index (χ2v) is 10.2. The van der Waals surface area contributed by atoms with E-state index in [4.69, 9.17) is 11.6 Å². The van der Waals surface area contributed by atoms with E-state index >= 15 is 0 Å². The Balaban J connectivity index is 1.30. The number of hydrogen-bond donors (Lipinski definition) is 0. The molecule has 1 aliphatic carbocycles. The van der Waals surface area contributed by atoms with Crippen LogP contribution < -0.4 is 4.90 Å². The molecule has 1 amide bonds. The Bertz CT molecular complexity index is 1040. The maximum Gasteiger partial charge on any atom is 0.261 e. The lowest BCUT2D eigenvalue weighted by atomic mass is 9.96. The molecule has 2 saturated heterocycles. The van der Waals surface area contributed by atoms with Crippen LogP contribution in [0.25, 0.3) is 0 Å². The molecule has 2 fully saturated rings. The number of rotatable bonds is 5. The third-order valence-electron chi connectivity index (χ3n) is 7.40. The van der Waals surface area contributed by atoms with Crippen molar-refractivity contribution in [1.82, 2.24) is 19.8 Å². The van der Waals surface area contributed by atoms with Gasteiger partial charge in [0.05, 0.1) is 12.5 Å². The number of carbonyl (C=O) groups excluding carboxylic acids is 1. The molecule has 0 radical (unpaired) electrons. The number of carbonyl (C=O) groups is 1. The number of anilines is 1. The number of aromatic nitrogens is 2. The van der Waals surface area contributed by atoms with Crippen molar-refractivity contribution in [2.75, 3.05) is 50.7 Å². The molecule has 1 aromatic carbocycles. The van der Waals surface area contributed by atoms with Gasteiger partial charge >= 0.3 is 0 Å². The number of likely N-dealkylation sites (tertiary alicyclic amines) is 1. The zero-order valence-electron chi connectivity index (χ0n) is 19.4. The summed E-state index contributed by atoms with van der Waals surface area (Å²) >= 11 is 6.06. The van der Waals surface area contributed by atoms with Gasteiger partial charge in [0.25, 0.3) is 5.92 Å². The monoisotopic (exact) mass is 489 g/mol. The van der Waals surface area contributed by atoms with E-state index in [0.717, 1.165) is 29.9 Å². The van der Waals surface area contributed by atoms with E-state index in [1.54, 1.807) is 23.4 Å². The number of piperazine rings is 1. The van der Waals surface area contributed by atoms with Crippen LogP contribution in [0.3, 0.4) is 0 Å². The predicted molar refractivity (Wildman–Crippen MR) is 128 cm³/mol. The average molecular weight is 490 g/mol. The number of amides is 1. The molecule has 1 unspecified atom stereocenters. The van der Waals surface area contributed by atoms with Crippen LogP contribution in [0, 0.1) is 0 Å². The Morgan fingerprint density at radius 3 is 2.56 bits per heavy atom. The van der Waals surface area contributed by atoms with E-state index in [9.17, 15) is 13.6 Å². The summed E-state index contributed by atoms with van der Waals surface area (Å²) in [7, 11) is 0. The van der Waals surface area contributed by atoms with Gasteiger partial charge in [-0.25, -0.2) is 18.7 Å². The zero-order chi connectivity index (χ0) is 23.9. The smallest absolute Gasteiger partial charge is 0.261 e. The van der Waals surface area contributed by atoms with Crippen molar-refractivity contribution < 1.29 is 13.6 Å². The lowest BCUT2D eigenvalue weighted by Gasteiger charge is -2.38. The van der Waals surface area contributed by atoms with E-state index in [-0.39, 0.29) is 25.4 Å². The van der Waals surface area contributed by atoms with Crippen molar-refractivity contribution in [3.05, 3.63) is 52.4 Å². The molecule has 182 valence electrons. The van der Waals surface area contributed by atoms with Crippen molar-refractivity contribution in [2.24, 2.45) is 0 Å². The zero-order valence-corrected chi connectivity index (χ0v) is 20.1. The first-order valence-electron chi connectivity index (χ1n) is 12.0. The van der Waals surface area contributed by atoms with Gasteiger partial charge in [0.15, 0.2) is 0 Å². The molecule has 2 aromatic rings. The van der Waals surface area contributed by atoms with Crippen LogP contribution in [0.4, 0.5) is 14.6 Å². The van der Waals surface area contributed by atoms with Gasteiger partial charge < -0.3 is 9.80 Å². The van der Waals surface area contributed by atoms with Crippen LogP contribution in [0.2, 0.25) is 5.02 Å². The van der Waals surface area contributed by atoms with Crippen molar-refractivity contribution in [2.45, 2.75) is 43.9 Å². The summed E-state index contributed by atoms with van der Waals surface area (Å²) < 4.78 is 27.6. The Kier molecular flexibility index (Phi) is 6.46. The minimum Gasteiger partial charge on any atom is -0.353 e. The van der Waals surface area contributed by atoms with Gasteiger partial charge in [-0.15, -0.1) is 0 Å². The lowest BCUT2D eigenvalue weighted by molar-refractivity contribution is -0.133. The average Bonchev–Trinajstić information content (AvgIpc) is 3.39. The Morgan fingerprint density at radius 1 is 1.15 bits per heavy atom. The molecule has 2 aliphatic heterocycles. The van der Waals surface area contributed by atoms with Gasteiger partial charge in [-0.3, -0.25) is 9.69 Å². The van der Waals surface area contributed by atoms with Crippen LogP contribution in [0.5, 0.6) is 0 Å². The third-order valence-corrected chi connectivity index (χ3v) is 7.66. The first kappa shape index (κ1) is 23.4. The fraction of sp³-hybridized carbons (Fsp3) is 0.560. The number of halogens is 3. The number of fused-ring (bicyclic) bond motifs is 1. The maximum atomic E-state index is 13.8. The third kappa shape index (κ3) is 4.75. The molecule has 9 heteroatoms. The number of hydrogen-bond acceptors (Lipinski definition) is 5. The van der Waals surface area contributed by atoms with Crippen molar-refractivity contribution in [1.29, 1.82) is 0 Å². The van der Waals surface area contributed by atoms with Gasteiger partial charge in [0, 0.05) is 62.0 Å². The van der Waals surface area contributed by atoms with Gasteiger partial charge in [-0.2, -0.15) is 0 Å². The van der Waals surface area contributed by atoms with Crippen LogP contribution in [-0.2, 0) is 11.2 Å². The minimum atomic E-state index is -2.69. The van der Waals surface area contributed by atoms with Gasteiger partial charge in [-0.05, 0) is 36.5 Å². The lowest BCUT2D eigenvalue weighted by Crippen LogP contribution is -2.51. The van der Waals surface area contributed by atoms with Crippen LogP contribution in [0.15, 0.2) is 30.6 Å². The summed E-state index contributed by atoms with van der Waals surface area (Å²) in [6.45, 7) is 5.04. The molecule has 0 N–H and O–H groups in total. The molecule has 3 heterocycles. The van der Waals surface area contributed by atoms with Gasteiger partial charge in [0.1, 0.15) is 12.1 Å². The van der Waals surface area contributed by atoms with Crippen LogP contribution in [0.1, 0.15) is 48.4 Å². The van der Waals surface area contributed by atoms with Crippen LogP contribution >= 0.6 is 11.6 Å². The number of benzene rings is 1. The molecule has 2 atom stereocenters. The Labute approximate surface area is 203 Å². The van der Waals surface area contributed by atoms with Gasteiger partial charge in [-0.1, -0.05) is 30.7 Å². The van der Waals surface area contributed by atoms with Crippen LogP contribution in [-0.4, -0.2) is 77.4 Å². The van der Waals surface area contributed by atoms with Crippen molar-refractivity contribution in [3.8, 4) is 0 Å². The molecule has 1 aromatic heterocycles. The Hall–Kier alpha value is -2.32. The van der Waals surface area contributed by atoms with Crippen molar-refractivity contribution >= 4 is 23.3 Å². The molecule has 0 bridgehead atoms. The molecule has 0 saturated carbocycles. The number of nitrogens with zero attached hydrogens (tertiary/aromatic N) is 5. The summed E-state index contributed by atoms with van der Waals surface area (Å²) in [6.07, 6.45) is 3.57. The standard InChI is InChI=1S/C25H30ClF2N5O/c1-17-2-7-21-22(17)23(30-16-29-21)32-10-12-33(13-11-32)24(34)20(18-3-5-19(26)6-4-18)14-31-9-8-25(27,28)15-31/h3-6,16-17,20H,2,7-15H2,1H3/t17-,20?/m1/s1. The molecule has 5 rings (SSSR count). The highest BCUT2D eigenvalue weighted by molar-refractivity contribution is 6.30. The molecular weight excluding hydrogens is 460 g/mol. The van der Waals surface area contributed by atoms with E-state index in [1.165, 1.54) is 5.56 Å². The predicted octanol–water partition coefficient (Wildman–Crippen LogP) is 3.95. The molecule has 0 spiro atoms. The normalized spacial score (nSPS) is 23.2. The second kappa shape index (κ2) is 9.38. The molecular formula is C25H30ClF2N5O. The van der Waals surface area contributed by atoms with E-state index in [0.29, 0.717) is 43.7 Å². The highest BCUT2D eigenvalue weighted by Gasteiger charge is 2.40. The van der Waals surface area contributed by atoms with E-state index in [1.807, 2.05) is 17.0 Å². The summed E-state index contributed by atoms with van der Waals surface area (Å²) in [5, 5.41) is 0.586. The first-order chi connectivity index (χ1) is 16.3. The van der Waals surface area contributed by atoms with E-state index in [2.05, 4.69) is 21.8 Å².